The quantitative estimate of drug-likeness (QED) is 0.687. The van der Waals surface area contributed by atoms with Gasteiger partial charge in [-0.05, 0) is 31.8 Å². The number of Topliss-reactive ketones (excluding diaryl/α,β-unsaturated/α-hetero) is 1. The van der Waals surface area contributed by atoms with E-state index in [1.54, 1.807) is 12.5 Å². The molecule has 1 aliphatic carbocycles. The zero-order valence-electron chi connectivity index (χ0n) is 12.9. The summed E-state index contributed by atoms with van der Waals surface area (Å²) in [4.78, 5) is 12.3. The molecule has 120 valence electrons. The van der Waals surface area contributed by atoms with Gasteiger partial charge in [0.2, 0.25) is 0 Å². The molecule has 0 N–H and O–H groups in total. The van der Waals surface area contributed by atoms with Crippen LogP contribution in [-0.4, -0.2) is 38.2 Å². The lowest BCUT2D eigenvalue weighted by Gasteiger charge is -2.31. The van der Waals surface area contributed by atoms with Crippen molar-refractivity contribution in [2.45, 2.75) is 51.9 Å². The maximum atomic E-state index is 12.3. The van der Waals surface area contributed by atoms with Crippen LogP contribution in [0, 0.1) is 5.92 Å². The average molecular weight is 325 g/mol. The third-order valence-corrected chi connectivity index (χ3v) is 7.66. The third-order valence-electron chi connectivity index (χ3n) is 3.59. The van der Waals surface area contributed by atoms with E-state index in [2.05, 4.69) is 0 Å². The van der Waals surface area contributed by atoms with Crippen LogP contribution in [0.15, 0.2) is 0 Å². The van der Waals surface area contributed by atoms with Crippen molar-refractivity contribution in [3.05, 3.63) is 0 Å². The Kier molecular flexibility index (Phi) is 7.01. The Morgan fingerprint density at radius 2 is 1.75 bits per heavy atom. The van der Waals surface area contributed by atoms with E-state index in [0.29, 0.717) is 6.42 Å². The number of unbranched alkanes of at least 4 members (excludes halogenated alkanes) is 1. The molecule has 0 spiro atoms. The van der Waals surface area contributed by atoms with E-state index in [9.17, 15) is 13.2 Å². The van der Waals surface area contributed by atoms with Crippen molar-refractivity contribution in [2.75, 3.05) is 24.0 Å². The Labute approximate surface area is 125 Å². The van der Waals surface area contributed by atoms with Gasteiger partial charge in [-0.1, -0.05) is 32.6 Å². The van der Waals surface area contributed by atoms with Crippen LogP contribution in [0.3, 0.4) is 0 Å². The molecule has 0 heterocycles. The van der Waals surface area contributed by atoms with Crippen LogP contribution in [0.2, 0.25) is 0 Å². The molecular formula is C14H28O4S2. The highest BCUT2D eigenvalue weighted by Gasteiger charge is 2.29. The zero-order valence-corrected chi connectivity index (χ0v) is 14.5. The van der Waals surface area contributed by atoms with Crippen molar-refractivity contribution in [2.24, 2.45) is 5.92 Å². The number of carbonyl (C=O) groups excluding carboxylic acids is 1. The average Bonchev–Trinajstić information content (AvgIpc) is 2.35. The highest BCUT2D eigenvalue weighted by Crippen LogP contribution is 2.44. The summed E-state index contributed by atoms with van der Waals surface area (Å²) in [5, 5.41) is 0. The third kappa shape index (κ3) is 6.59. The zero-order chi connectivity index (χ0) is 15.2. The van der Waals surface area contributed by atoms with Crippen molar-refractivity contribution >= 4 is 26.2 Å². The van der Waals surface area contributed by atoms with Crippen molar-refractivity contribution in [3.63, 3.8) is 0 Å². The molecule has 0 aromatic carbocycles. The van der Waals surface area contributed by atoms with Gasteiger partial charge in [0.1, 0.15) is 5.78 Å². The highest BCUT2D eigenvalue weighted by molar-refractivity contribution is 8.32. The van der Waals surface area contributed by atoms with Gasteiger partial charge >= 0.3 is 0 Å². The molecule has 1 saturated carbocycles. The van der Waals surface area contributed by atoms with Gasteiger partial charge in [-0.15, -0.1) is 10.3 Å². The first kappa shape index (κ1) is 18.0. The summed E-state index contributed by atoms with van der Waals surface area (Å²) in [5.41, 5.74) is 0. The second kappa shape index (κ2) is 7.80. The first-order valence-corrected chi connectivity index (χ1v) is 11.6. The largest absolute Gasteiger partial charge is 0.298 e. The van der Waals surface area contributed by atoms with Crippen LogP contribution in [0.4, 0.5) is 0 Å². The number of ketones is 1. The number of hydrogen-bond acceptors (Lipinski definition) is 4. The van der Waals surface area contributed by atoms with E-state index >= 15 is 0 Å². The van der Waals surface area contributed by atoms with Gasteiger partial charge in [-0.2, -0.15) is 8.42 Å². The van der Waals surface area contributed by atoms with Gasteiger partial charge in [-0.25, -0.2) is 3.63 Å². The molecule has 0 bridgehead atoms. The summed E-state index contributed by atoms with van der Waals surface area (Å²) >= 11 is 0. The number of rotatable bonds is 8. The molecule has 0 aromatic rings. The lowest BCUT2D eigenvalue weighted by atomic mass is 9.87. The van der Waals surface area contributed by atoms with Crippen molar-refractivity contribution in [1.29, 1.82) is 0 Å². The molecule has 0 aromatic heterocycles. The van der Waals surface area contributed by atoms with E-state index in [0.717, 1.165) is 32.1 Å². The topological polar surface area (TPSA) is 60.4 Å². The van der Waals surface area contributed by atoms with Crippen LogP contribution >= 0.6 is 10.3 Å². The fourth-order valence-corrected chi connectivity index (χ4v) is 6.82. The monoisotopic (exact) mass is 324 g/mol. The van der Waals surface area contributed by atoms with Gasteiger partial charge in [0.25, 0.3) is 10.1 Å². The van der Waals surface area contributed by atoms with E-state index < -0.39 is 20.4 Å². The van der Waals surface area contributed by atoms with Crippen molar-refractivity contribution < 1.29 is 16.8 Å². The standard InChI is InChI=1S/C14H28O4S2/c1-4-5-11-20(16,17)18-19(2,3)12-14(15)13-9-7-6-8-10-13/h13H,4-12H2,1-3H3. The molecule has 0 aliphatic heterocycles. The van der Waals surface area contributed by atoms with Gasteiger partial charge in [0.15, 0.2) is 0 Å². The molecule has 1 aliphatic rings. The molecular weight excluding hydrogens is 296 g/mol. The van der Waals surface area contributed by atoms with Crippen LogP contribution < -0.4 is 0 Å². The summed E-state index contributed by atoms with van der Waals surface area (Å²) in [6.45, 7) is 1.94. The molecule has 1 fully saturated rings. The second-order valence-corrected chi connectivity index (χ2v) is 11.3. The van der Waals surface area contributed by atoms with Gasteiger partial charge in [0.05, 0.1) is 11.5 Å². The van der Waals surface area contributed by atoms with Gasteiger partial charge in [0, 0.05) is 5.92 Å². The first-order valence-electron chi connectivity index (χ1n) is 7.43. The molecule has 0 atom stereocenters. The van der Waals surface area contributed by atoms with E-state index in [1.807, 2.05) is 6.92 Å². The summed E-state index contributed by atoms with van der Waals surface area (Å²) in [7, 11) is -5.35. The summed E-state index contributed by atoms with van der Waals surface area (Å²) < 4.78 is 29.0. The number of hydrogen-bond donors (Lipinski definition) is 0. The van der Waals surface area contributed by atoms with E-state index in [-0.39, 0.29) is 23.2 Å². The molecule has 0 unspecified atom stereocenters. The second-order valence-electron chi connectivity index (χ2n) is 6.07. The molecule has 20 heavy (non-hydrogen) atoms. The summed E-state index contributed by atoms with van der Waals surface area (Å²) in [6, 6.07) is 0. The minimum Gasteiger partial charge on any atom is -0.298 e. The molecule has 0 amide bonds. The predicted molar refractivity (Wildman–Crippen MR) is 85.7 cm³/mol. The SMILES string of the molecule is CCCCS(=O)(=O)OS(C)(C)CC(=O)C1CCCCC1. The van der Waals surface area contributed by atoms with Crippen LogP contribution in [-0.2, 0) is 18.5 Å². The molecule has 1 rings (SSSR count). The van der Waals surface area contributed by atoms with Gasteiger partial charge < -0.3 is 0 Å². The highest BCUT2D eigenvalue weighted by atomic mass is 32.3. The number of carbonyl (C=O) groups is 1. The van der Waals surface area contributed by atoms with E-state index in [1.165, 1.54) is 6.42 Å². The fraction of sp³-hybridized carbons (Fsp3) is 0.929. The Balaban J connectivity index is 2.53. The molecule has 6 heteroatoms. The van der Waals surface area contributed by atoms with Gasteiger partial charge in [-0.3, -0.25) is 4.79 Å². The lowest BCUT2D eigenvalue weighted by molar-refractivity contribution is -0.121. The lowest BCUT2D eigenvalue weighted by Crippen LogP contribution is -2.26. The predicted octanol–water partition coefficient (Wildman–Crippen LogP) is 3.26. The van der Waals surface area contributed by atoms with Crippen molar-refractivity contribution in [1.82, 2.24) is 0 Å². The maximum absolute atomic E-state index is 12.3. The maximum Gasteiger partial charge on any atom is 0.276 e. The van der Waals surface area contributed by atoms with Crippen LogP contribution in [0.5, 0.6) is 0 Å². The Morgan fingerprint density at radius 3 is 2.30 bits per heavy atom. The Hall–Kier alpha value is -0.0700. The molecule has 0 saturated heterocycles. The summed E-state index contributed by atoms with van der Waals surface area (Å²) in [6.07, 6.45) is 10.3. The molecule has 0 radical (unpaired) electrons. The summed E-state index contributed by atoms with van der Waals surface area (Å²) in [5.74, 6) is 0.633. The first-order chi connectivity index (χ1) is 9.26. The van der Waals surface area contributed by atoms with Crippen LogP contribution in [0.25, 0.3) is 0 Å². The van der Waals surface area contributed by atoms with E-state index in [4.69, 9.17) is 3.63 Å². The Bertz CT molecular complexity index is 409. The van der Waals surface area contributed by atoms with Crippen molar-refractivity contribution in [3.8, 4) is 0 Å². The van der Waals surface area contributed by atoms with Crippen LogP contribution in [0.1, 0.15) is 51.9 Å². The minimum absolute atomic E-state index is 0.0531. The smallest absolute Gasteiger partial charge is 0.276 e. The Morgan fingerprint density at radius 1 is 1.15 bits per heavy atom. The fourth-order valence-electron chi connectivity index (χ4n) is 2.54. The normalized spacial score (nSPS) is 18.9. The molecule has 4 nitrogen and oxygen atoms in total. The minimum atomic E-state index is -3.49.